The Kier molecular flexibility index (Phi) is 4.67. The monoisotopic (exact) mass is 254 g/mol. The lowest BCUT2D eigenvalue weighted by Crippen LogP contribution is -2.35. The van der Waals surface area contributed by atoms with Crippen LogP contribution in [0.25, 0.3) is 0 Å². The molecule has 0 heterocycles. The largest absolute Gasteiger partial charge is 0.481 e. The first-order valence-electron chi connectivity index (χ1n) is 5.75. The molecule has 5 heteroatoms. The number of nitrogens with two attached hydrogens (primary N) is 1. The summed E-state index contributed by atoms with van der Waals surface area (Å²) < 4.78 is 18.7. The van der Waals surface area contributed by atoms with E-state index in [1.165, 1.54) is 23.1 Å². The summed E-state index contributed by atoms with van der Waals surface area (Å²) in [5, 5.41) is 0. The zero-order chi connectivity index (χ0) is 13.9. The van der Waals surface area contributed by atoms with Crippen LogP contribution in [0.5, 0.6) is 5.75 Å². The molecule has 4 nitrogen and oxygen atoms in total. The van der Waals surface area contributed by atoms with Gasteiger partial charge in [0.2, 0.25) is 0 Å². The van der Waals surface area contributed by atoms with Crippen molar-refractivity contribution >= 4 is 5.91 Å². The van der Waals surface area contributed by atoms with E-state index in [2.05, 4.69) is 0 Å². The van der Waals surface area contributed by atoms with E-state index < -0.39 is 6.10 Å². The van der Waals surface area contributed by atoms with Crippen molar-refractivity contribution in [3.63, 3.8) is 0 Å². The summed E-state index contributed by atoms with van der Waals surface area (Å²) in [5.41, 5.74) is 6.30. The molecule has 0 spiro atoms. The number of benzene rings is 1. The van der Waals surface area contributed by atoms with Crippen LogP contribution < -0.4 is 10.5 Å². The molecule has 1 rings (SSSR count). The van der Waals surface area contributed by atoms with Crippen LogP contribution in [0, 0.1) is 5.82 Å². The first-order chi connectivity index (χ1) is 8.32. The Balaban J connectivity index is 2.94. The Hall–Kier alpha value is -1.62. The predicted octanol–water partition coefficient (Wildman–Crippen LogP) is 1.70. The molecule has 0 aliphatic rings. The highest BCUT2D eigenvalue weighted by atomic mass is 19.1. The van der Waals surface area contributed by atoms with Crippen molar-refractivity contribution in [2.45, 2.75) is 26.0 Å². The number of halogens is 1. The first-order valence-corrected chi connectivity index (χ1v) is 5.75. The Labute approximate surface area is 107 Å². The van der Waals surface area contributed by atoms with Gasteiger partial charge in [-0.1, -0.05) is 0 Å². The fourth-order valence-electron chi connectivity index (χ4n) is 1.59. The lowest BCUT2D eigenvalue weighted by Gasteiger charge is -2.21. The van der Waals surface area contributed by atoms with E-state index in [4.69, 9.17) is 10.5 Å². The highest BCUT2D eigenvalue weighted by Crippen LogP contribution is 2.25. The normalized spacial score (nSPS) is 13.9. The third-order valence-corrected chi connectivity index (χ3v) is 2.55. The minimum absolute atomic E-state index is 0.157. The standard InChI is InChI=1S/C13H19FN2O2/c1-8(15)11-7-10(14)5-6-12(11)18-9(2)13(17)16(3)4/h5-9H,15H2,1-4H3/t8-,9?/m0/s1. The summed E-state index contributed by atoms with van der Waals surface area (Å²) in [4.78, 5) is 13.1. The lowest BCUT2D eigenvalue weighted by molar-refractivity contribution is -0.135. The van der Waals surface area contributed by atoms with Gasteiger partial charge < -0.3 is 15.4 Å². The van der Waals surface area contributed by atoms with Gasteiger partial charge in [-0.15, -0.1) is 0 Å². The SMILES string of the molecule is CC(Oc1ccc(F)cc1[C@H](C)N)C(=O)N(C)C. The van der Waals surface area contributed by atoms with Crippen molar-refractivity contribution in [3.05, 3.63) is 29.6 Å². The van der Waals surface area contributed by atoms with Gasteiger partial charge in [0.25, 0.3) is 5.91 Å². The molecule has 0 saturated heterocycles. The molecule has 1 aromatic rings. The number of likely N-dealkylation sites (N-methyl/N-ethyl adjacent to an activating group) is 1. The summed E-state index contributed by atoms with van der Waals surface area (Å²) >= 11 is 0. The van der Waals surface area contributed by atoms with Crippen molar-refractivity contribution < 1.29 is 13.9 Å². The van der Waals surface area contributed by atoms with Crippen molar-refractivity contribution in [2.24, 2.45) is 5.73 Å². The Morgan fingerprint density at radius 2 is 2.00 bits per heavy atom. The highest BCUT2D eigenvalue weighted by molar-refractivity contribution is 5.80. The third-order valence-electron chi connectivity index (χ3n) is 2.55. The van der Waals surface area contributed by atoms with Crippen LogP contribution >= 0.6 is 0 Å². The van der Waals surface area contributed by atoms with E-state index in [-0.39, 0.29) is 17.8 Å². The maximum Gasteiger partial charge on any atom is 0.262 e. The molecule has 0 aliphatic carbocycles. The Morgan fingerprint density at radius 3 is 2.50 bits per heavy atom. The summed E-state index contributed by atoms with van der Waals surface area (Å²) in [7, 11) is 3.30. The molecular weight excluding hydrogens is 235 g/mol. The molecular formula is C13H19FN2O2. The zero-order valence-electron chi connectivity index (χ0n) is 11.1. The maximum absolute atomic E-state index is 13.1. The highest BCUT2D eigenvalue weighted by Gasteiger charge is 2.19. The third kappa shape index (κ3) is 3.43. The summed E-state index contributed by atoms with van der Waals surface area (Å²) in [6.45, 7) is 3.39. The van der Waals surface area contributed by atoms with Crippen LogP contribution in [0.3, 0.4) is 0 Å². The summed E-state index contributed by atoms with van der Waals surface area (Å²) in [6.07, 6.45) is -0.636. The fourth-order valence-corrected chi connectivity index (χ4v) is 1.59. The smallest absolute Gasteiger partial charge is 0.262 e. The average molecular weight is 254 g/mol. The van der Waals surface area contributed by atoms with Gasteiger partial charge in [-0.25, -0.2) is 4.39 Å². The lowest BCUT2D eigenvalue weighted by atomic mass is 10.1. The number of carbonyl (C=O) groups is 1. The van der Waals surface area contributed by atoms with Crippen LogP contribution in [0.4, 0.5) is 4.39 Å². The summed E-state index contributed by atoms with van der Waals surface area (Å²) in [5.74, 6) is -0.0923. The molecule has 0 saturated carbocycles. The van der Waals surface area contributed by atoms with Gasteiger partial charge in [-0.05, 0) is 32.0 Å². The van der Waals surface area contributed by atoms with Crippen LogP contribution in [-0.4, -0.2) is 31.0 Å². The first kappa shape index (κ1) is 14.4. The van der Waals surface area contributed by atoms with E-state index in [0.717, 1.165) is 0 Å². The summed E-state index contributed by atoms with van der Waals surface area (Å²) in [6, 6.07) is 3.74. The van der Waals surface area contributed by atoms with Gasteiger partial charge in [-0.3, -0.25) is 4.79 Å². The molecule has 2 atom stereocenters. The number of ether oxygens (including phenoxy) is 1. The minimum atomic E-state index is -0.636. The maximum atomic E-state index is 13.1. The molecule has 18 heavy (non-hydrogen) atoms. The molecule has 0 fully saturated rings. The fraction of sp³-hybridized carbons (Fsp3) is 0.462. The minimum Gasteiger partial charge on any atom is -0.481 e. The van der Waals surface area contributed by atoms with Crippen LogP contribution in [0.2, 0.25) is 0 Å². The number of nitrogens with zero attached hydrogens (tertiary/aromatic N) is 1. The van der Waals surface area contributed by atoms with E-state index in [0.29, 0.717) is 11.3 Å². The van der Waals surface area contributed by atoms with Gasteiger partial charge in [0.15, 0.2) is 6.10 Å². The number of hydrogen-bond donors (Lipinski definition) is 1. The van der Waals surface area contributed by atoms with Gasteiger partial charge in [0.1, 0.15) is 11.6 Å². The molecule has 0 radical (unpaired) electrons. The van der Waals surface area contributed by atoms with Gasteiger partial charge in [0.05, 0.1) is 0 Å². The van der Waals surface area contributed by atoms with Crippen molar-refractivity contribution in [3.8, 4) is 5.75 Å². The quantitative estimate of drug-likeness (QED) is 0.889. The van der Waals surface area contributed by atoms with Crippen LogP contribution in [0.15, 0.2) is 18.2 Å². The molecule has 0 bridgehead atoms. The molecule has 0 aliphatic heterocycles. The van der Waals surface area contributed by atoms with Crippen LogP contribution in [-0.2, 0) is 4.79 Å². The molecule has 1 unspecified atom stereocenters. The molecule has 2 N–H and O–H groups in total. The van der Waals surface area contributed by atoms with E-state index in [1.807, 2.05) is 0 Å². The van der Waals surface area contributed by atoms with Gasteiger partial charge in [0, 0.05) is 25.7 Å². The predicted molar refractivity (Wildman–Crippen MR) is 67.8 cm³/mol. The zero-order valence-corrected chi connectivity index (χ0v) is 11.1. The number of rotatable bonds is 4. The second-order valence-electron chi connectivity index (χ2n) is 4.46. The average Bonchev–Trinajstić information content (AvgIpc) is 2.29. The Bertz CT molecular complexity index is 433. The molecule has 100 valence electrons. The van der Waals surface area contributed by atoms with Crippen molar-refractivity contribution in [2.75, 3.05) is 14.1 Å². The topological polar surface area (TPSA) is 55.6 Å². The van der Waals surface area contributed by atoms with Gasteiger partial charge >= 0.3 is 0 Å². The van der Waals surface area contributed by atoms with E-state index >= 15 is 0 Å². The Morgan fingerprint density at radius 1 is 1.39 bits per heavy atom. The molecule has 1 amide bonds. The van der Waals surface area contributed by atoms with E-state index in [9.17, 15) is 9.18 Å². The second kappa shape index (κ2) is 5.82. The van der Waals surface area contributed by atoms with Crippen molar-refractivity contribution in [1.82, 2.24) is 4.90 Å². The molecule has 1 aromatic carbocycles. The van der Waals surface area contributed by atoms with Crippen molar-refractivity contribution in [1.29, 1.82) is 0 Å². The second-order valence-corrected chi connectivity index (χ2v) is 4.46. The van der Waals surface area contributed by atoms with E-state index in [1.54, 1.807) is 27.9 Å². The van der Waals surface area contributed by atoms with Crippen LogP contribution in [0.1, 0.15) is 25.5 Å². The van der Waals surface area contributed by atoms with Gasteiger partial charge in [-0.2, -0.15) is 0 Å². The number of hydrogen-bond acceptors (Lipinski definition) is 3. The number of amides is 1. The number of carbonyl (C=O) groups excluding carboxylic acids is 1. The molecule has 0 aromatic heterocycles.